The average Bonchev–Trinajstić information content (AvgIpc) is 2.52. The molecule has 0 radical (unpaired) electrons. The molecule has 6 heteroatoms. The van der Waals surface area contributed by atoms with Crippen LogP contribution in [0.1, 0.15) is 31.5 Å². The van der Waals surface area contributed by atoms with Gasteiger partial charge in [-0.2, -0.15) is 0 Å². The van der Waals surface area contributed by atoms with Gasteiger partial charge < -0.3 is 10.1 Å². The Morgan fingerprint density at radius 3 is 2.52 bits per heavy atom. The van der Waals surface area contributed by atoms with Crippen molar-refractivity contribution in [3.05, 3.63) is 23.4 Å². The molecule has 6 nitrogen and oxygen atoms in total. The Hall–Kier alpha value is -2.24. The first-order valence-corrected chi connectivity index (χ1v) is 7.19. The van der Waals surface area contributed by atoms with Crippen molar-refractivity contribution in [2.45, 2.75) is 33.6 Å². The van der Waals surface area contributed by atoms with E-state index in [0.29, 0.717) is 17.4 Å². The number of rotatable bonds is 6. The van der Waals surface area contributed by atoms with E-state index in [1.807, 2.05) is 13.0 Å². The van der Waals surface area contributed by atoms with Gasteiger partial charge in [0.2, 0.25) is 5.88 Å². The fraction of sp³-hybridized carbons (Fsp3) is 0.467. The molecule has 112 valence electrons. The Morgan fingerprint density at radius 2 is 1.95 bits per heavy atom. The molecule has 2 heterocycles. The number of methoxy groups -OCH3 is 1. The summed E-state index contributed by atoms with van der Waals surface area (Å²) in [4.78, 5) is 9.15. The molecule has 1 N–H and O–H groups in total. The third kappa shape index (κ3) is 3.45. The standard InChI is InChI=1S/C15H21N5O/c1-5-9-16-14-11(6-2)10(3)17-15(18-14)12-7-8-13(21-4)20-19-12/h7-8H,5-6,9H2,1-4H3,(H,16,17,18). The lowest BCUT2D eigenvalue weighted by Crippen LogP contribution is -2.09. The van der Waals surface area contributed by atoms with Crippen LogP contribution in [-0.4, -0.2) is 33.8 Å². The Balaban J connectivity index is 2.40. The van der Waals surface area contributed by atoms with E-state index in [4.69, 9.17) is 4.74 Å². The maximum atomic E-state index is 5.02. The van der Waals surface area contributed by atoms with Crippen molar-refractivity contribution in [1.82, 2.24) is 20.2 Å². The molecule has 0 bridgehead atoms. The van der Waals surface area contributed by atoms with E-state index in [0.717, 1.165) is 36.5 Å². The summed E-state index contributed by atoms with van der Waals surface area (Å²) in [5.41, 5.74) is 2.76. The number of nitrogens with zero attached hydrogens (tertiary/aromatic N) is 4. The highest BCUT2D eigenvalue weighted by Gasteiger charge is 2.12. The fourth-order valence-corrected chi connectivity index (χ4v) is 2.07. The van der Waals surface area contributed by atoms with Crippen molar-refractivity contribution in [1.29, 1.82) is 0 Å². The molecule has 2 rings (SSSR count). The van der Waals surface area contributed by atoms with E-state index in [9.17, 15) is 0 Å². The molecular formula is C15H21N5O. The monoisotopic (exact) mass is 287 g/mol. The zero-order valence-electron chi connectivity index (χ0n) is 13.0. The molecule has 0 aliphatic carbocycles. The van der Waals surface area contributed by atoms with Crippen LogP contribution in [0, 0.1) is 6.92 Å². The highest BCUT2D eigenvalue weighted by Crippen LogP contribution is 2.22. The minimum atomic E-state index is 0.477. The Bertz CT molecular complexity index is 598. The van der Waals surface area contributed by atoms with Gasteiger partial charge in [-0.1, -0.05) is 13.8 Å². The Labute approximate surface area is 125 Å². The van der Waals surface area contributed by atoms with Crippen LogP contribution < -0.4 is 10.1 Å². The summed E-state index contributed by atoms with van der Waals surface area (Å²) < 4.78 is 5.02. The third-order valence-corrected chi connectivity index (χ3v) is 3.19. The lowest BCUT2D eigenvalue weighted by atomic mass is 10.1. The van der Waals surface area contributed by atoms with Gasteiger partial charge in [-0.05, 0) is 25.8 Å². The van der Waals surface area contributed by atoms with Crippen LogP contribution in [0.25, 0.3) is 11.5 Å². The molecule has 0 amide bonds. The first-order chi connectivity index (χ1) is 10.2. The maximum absolute atomic E-state index is 5.02. The molecule has 0 spiro atoms. The van der Waals surface area contributed by atoms with Gasteiger partial charge in [-0.3, -0.25) is 0 Å². The van der Waals surface area contributed by atoms with Gasteiger partial charge >= 0.3 is 0 Å². The number of aromatic nitrogens is 4. The molecule has 2 aromatic rings. The number of hydrogen-bond donors (Lipinski definition) is 1. The first-order valence-electron chi connectivity index (χ1n) is 7.19. The Morgan fingerprint density at radius 1 is 1.14 bits per heavy atom. The van der Waals surface area contributed by atoms with Crippen LogP contribution in [0.5, 0.6) is 5.88 Å². The maximum Gasteiger partial charge on any atom is 0.233 e. The van der Waals surface area contributed by atoms with Gasteiger partial charge in [-0.15, -0.1) is 10.2 Å². The summed E-state index contributed by atoms with van der Waals surface area (Å²) in [7, 11) is 1.56. The van der Waals surface area contributed by atoms with Gasteiger partial charge in [0.25, 0.3) is 0 Å². The minimum absolute atomic E-state index is 0.477. The normalized spacial score (nSPS) is 10.5. The average molecular weight is 287 g/mol. The second kappa shape index (κ2) is 6.97. The topological polar surface area (TPSA) is 72.8 Å². The fourth-order valence-electron chi connectivity index (χ4n) is 2.07. The van der Waals surface area contributed by atoms with Crippen molar-refractivity contribution in [2.24, 2.45) is 0 Å². The van der Waals surface area contributed by atoms with Crippen LogP contribution in [0.4, 0.5) is 5.82 Å². The van der Waals surface area contributed by atoms with E-state index < -0.39 is 0 Å². The number of anilines is 1. The van der Waals surface area contributed by atoms with Gasteiger partial charge in [0.1, 0.15) is 11.5 Å². The summed E-state index contributed by atoms with van der Waals surface area (Å²) in [6.07, 6.45) is 1.94. The van der Waals surface area contributed by atoms with E-state index in [1.165, 1.54) is 0 Å². The quantitative estimate of drug-likeness (QED) is 0.880. The minimum Gasteiger partial charge on any atom is -0.480 e. The van der Waals surface area contributed by atoms with Crippen LogP contribution >= 0.6 is 0 Å². The molecule has 2 aromatic heterocycles. The number of aryl methyl sites for hydroxylation is 1. The van der Waals surface area contributed by atoms with Gasteiger partial charge in [0.15, 0.2) is 5.82 Å². The van der Waals surface area contributed by atoms with Crippen molar-refractivity contribution >= 4 is 5.82 Å². The molecule has 0 aliphatic heterocycles. The largest absolute Gasteiger partial charge is 0.480 e. The van der Waals surface area contributed by atoms with E-state index >= 15 is 0 Å². The Kier molecular flexibility index (Phi) is 5.03. The smallest absolute Gasteiger partial charge is 0.233 e. The molecule has 0 atom stereocenters. The summed E-state index contributed by atoms with van der Waals surface area (Å²) in [5, 5.41) is 11.4. The van der Waals surface area contributed by atoms with Crippen LogP contribution in [0.2, 0.25) is 0 Å². The SMILES string of the molecule is CCCNc1nc(-c2ccc(OC)nn2)nc(C)c1CC. The summed E-state index contributed by atoms with van der Waals surface area (Å²) in [5.74, 6) is 1.95. The molecular weight excluding hydrogens is 266 g/mol. The zero-order valence-corrected chi connectivity index (χ0v) is 13.0. The van der Waals surface area contributed by atoms with E-state index in [2.05, 4.69) is 39.3 Å². The molecule has 0 saturated carbocycles. The lowest BCUT2D eigenvalue weighted by molar-refractivity contribution is 0.392. The lowest BCUT2D eigenvalue weighted by Gasteiger charge is -2.13. The summed E-state index contributed by atoms with van der Waals surface area (Å²) in [6.45, 7) is 7.12. The first kappa shape index (κ1) is 15.2. The van der Waals surface area contributed by atoms with Gasteiger partial charge in [0.05, 0.1) is 7.11 Å². The van der Waals surface area contributed by atoms with Gasteiger partial charge in [0, 0.05) is 23.9 Å². The third-order valence-electron chi connectivity index (χ3n) is 3.19. The number of hydrogen-bond acceptors (Lipinski definition) is 6. The summed E-state index contributed by atoms with van der Waals surface area (Å²) in [6, 6.07) is 3.57. The molecule has 0 aromatic carbocycles. The molecule has 0 saturated heterocycles. The highest BCUT2D eigenvalue weighted by atomic mass is 16.5. The van der Waals surface area contributed by atoms with E-state index in [1.54, 1.807) is 13.2 Å². The van der Waals surface area contributed by atoms with Crippen molar-refractivity contribution in [2.75, 3.05) is 19.0 Å². The van der Waals surface area contributed by atoms with Crippen molar-refractivity contribution < 1.29 is 4.74 Å². The molecule has 0 fully saturated rings. The van der Waals surface area contributed by atoms with Crippen molar-refractivity contribution in [3.8, 4) is 17.4 Å². The zero-order chi connectivity index (χ0) is 15.2. The number of nitrogens with one attached hydrogen (secondary N) is 1. The molecule has 0 unspecified atom stereocenters. The van der Waals surface area contributed by atoms with Crippen LogP contribution in [0.15, 0.2) is 12.1 Å². The number of ether oxygens (including phenoxy) is 1. The van der Waals surface area contributed by atoms with Crippen molar-refractivity contribution in [3.63, 3.8) is 0 Å². The van der Waals surface area contributed by atoms with Gasteiger partial charge in [-0.25, -0.2) is 9.97 Å². The van der Waals surface area contributed by atoms with Crippen LogP contribution in [0.3, 0.4) is 0 Å². The second-order valence-corrected chi connectivity index (χ2v) is 4.70. The predicted octanol–water partition coefficient (Wildman–Crippen LogP) is 2.63. The second-order valence-electron chi connectivity index (χ2n) is 4.70. The molecule has 0 aliphatic rings. The molecule has 21 heavy (non-hydrogen) atoms. The van der Waals surface area contributed by atoms with Crippen LogP contribution in [-0.2, 0) is 6.42 Å². The highest BCUT2D eigenvalue weighted by molar-refractivity contribution is 5.56. The van der Waals surface area contributed by atoms with E-state index in [-0.39, 0.29) is 0 Å². The predicted molar refractivity (Wildman–Crippen MR) is 82.5 cm³/mol. The summed E-state index contributed by atoms with van der Waals surface area (Å²) >= 11 is 0.